The summed E-state index contributed by atoms with van der Waals surface area (Å²) < 4.78 is 7.50. The lowest BCUT2D eigenvalue weighted by molar-refractivity contribution is 0.373. The molecule has 0 amide bonds. The molecule has 0 bridgehead atoms. The largest absolute Gasteiger partial charge is 0.341 e. The molecule has 1 aliphatic heterocycles. The van der Waals surface area contributed by atoms with Crippen molar-refractivity contribution < 1.29 is 4.52 Å². The Morgan fingerprint density at radius 1 is 1.11 bits per heavy atom. The summed E-state index contributed by atoms with van der Waals surface area (Å²) in [7, 11) is 0. The van der Waals surface area contributed by atoms with E-state index in [-0.39, 0.29) is 11.2 Å². The van der Waals surface area contributed by atoms with Crippen molar-refractivity contribution in [2.45, 2.75) is 49.9 Å². The second-order valence-electron chi connectivity index (χ2n) is 7.17. The average molecular weight is 419 g/mol. The van der Waals surface area contributed by atoms with Gasteiger partial charge < -0.3 is 9.42 Å². The highest BCUT2D eigenvalue weighted by atomic mass is 35.5. The fourth-order valence-corrected chi connectivity index (χ4v) is 4.27. The summed E-state index contributed by atoms with van der Waals surface area (Å²) in [5.74, 6) is 2.36. The van der Waals surface area contributed by atoms with Crippen LogP contribution in [0.25, 0.3) is 5.69 Å². The monoisotopic (exact) mass is 418 g/mol. The first-order chi connectivity index (χ1) is 13.5. The van der Waals surface area contributed by atoms with Gasteiger partial charge in [-0.1, -0.05) is 54.5 Å². The molecule has 3 heterocycles. The standard InChI is InChI=1S/C19H23ClN6OS/c1-12(2)16-21-17(27-24-16)13(3)28-19-23-22-18(25-10-6-7-11-25)26(19)15-9-5-4-8-14(15)20/h4-5,8-9,12-13H,6-7,10-11H2,1-3H3. The molecule has 9 heteroatoms. The van der Waals surface area contributed by atoms with E-state index >= 15 is 0 Å². The average Bonchev–Trinajstić information content (AvgIpc) is 3.42. The summed E-state index contributed by atoms with van der Waals surface area (Å²) in [5, 5.41) is 14.4. The van der Waals surface area contributed by atoms with E-state index < -0.39 is 0 Å². The van der Waals surface area contributed by atoms with Gasteiger partial charge in [-0.2, -0.15) is 4.98 Å². The lowest BCUT2D eigenvalue weighted by atomic mass is 10.2. The minimum atomic E-state index is -0.0585. The molecule has 1 unspecified atom stereocenters. The van der Waals surface area contributed by atoms with Crippen LogP contribution in [0.5, 0.6) is 0 Å². The molecule has 148 valence electrons. The van der Waals surface area contributed by atoms with Gasteiger partial charge in [0.2, 0.25) is 11.8 Å². The summed E-state index contributed by atoms with van der Waals surface area (Å²) in [6.07, 6.45) is 2.32. The molecule has 1 saturated heterocycles. The molecule has 4 rings (SSSR count). The second kappa shape index (κ2) is 8.13. The molecule has 7 nitrogen and oxygen atoms in total. The Hall–Kier alpha value is -2.06. The van der Waals surface area contributed by atoms with Crippen LogP contribution in [-0.4, -0.2) is 38.0 Å². The maximum atomic E-state index is 6.51. The molecule has 1 atom stereocenters. The molecule has 1 aromatic carbocycles. The van der Waals surface area contributed by atoms with Crippen LogP contribution in [0.1, 0.15) is 56.5 Å². The third-order valence-electron chi connectivity index (χ3n) is 4.70. The van der Waals surface area contributed by atoms with Gasteiger partial charge in [0.15, 0.2) is 11.0 Å². The number of anilines is 1. The minimum absolute atomic E-state index is 0.0585. The SMILES string of the molecule is CC(C)c1noc(C(C)Sc2nnc(N3CCCC3)n2-c2ccccc2Cl)n1. The van der Waals surface area contributed by atoms with Crippen LogP contribution in [0, 0.1) is 0 Å². The predicted molar refractivity (Wildman–Crippen MR) is 110 cm³/mol. The molecule has 0 N–H and O–H groups in total. The van der Waals surface area contributed by atoms with E-state index in [2.05, 4.69) is 25.2 Å². The van der Waals surface area contributed by atoms with Gasteiger partial charge in [-0.3, -0.25) is 4.57 Å². The number of halogens is 1. The maximum absolute atomic E-state index is 6.51. The Kier molecular flexibility index (Phi) is 5.59. The van der Waals surface area contributed by atoms with Crippen molar-refractivity contribution in [3.63, 3.8) is 0 Å². The molecule has 3 aromatic rings. The first kappa shape index (κ1) is 19.3. The molecule has 2 aromatic heterocycles. The number of nitrogens with zero attached hydrogens (tertiary/aromatic N) is 6. The van der Waals surface area contributed by atoms with Crippen LogP contribution in [0.2, 0.25) is 5.02 Å². The van der Waals surface area contributed by atoms with Crippen molar-refractivity contribution in [1.29, 1.82) is 0 Å². The number of thioether (sulfide) groups is 1. The number of para-hydroxylation sites is 1. The maximum Gasteiger partial charge on any atom is 0.239 e. The highest BCUT2D eigenvalue weighted by Crippen LogP contribution is 2.38. The minimum Gasteiger partial charge on any atom is -0.341 e. The van der Waals surface area contributed by atoms with Gasteiger partial charge in [-0.25, -0.2) is 0 Å². The Bertz CT molecular complexity index is 950. The molecule has 0 spiro atoms. The predicted octanol–water partition coefficient (Wildman–Crippen LogP) is 4.88. The zero-order valence-corrected chi connectivity index (χ0v) is 17.7. The van der Waals surface area contributed by atoms with E-state index in [4.69, 9.17) is 16.1 Å². The Balaban J connectivity index is 1.69. The van der Waals surface area contributed by atoms with Gasteiger partial charge >= 0.3 is 0 Å². The number of aromatic nitrogens is 5. The van der Waals surface area contributed by atoms with Gasteiger partial charge in [-0.05, 0) is 31.9 Å². The van der Waals surface area contributed by atoms with Gasteiger partial charge in [0.05, 0.1) is 16.0 Å². The van der Waals surface area contributed by atoms with Crippen LogP contribution in [0.4, 0.5) is 5.95 Å². The fraction of sp³-hybridized carbons (Fsp3) is 0.474. The van der Waals surface area contributed by atoms with Crippen molar-refractivity contribution in [2.24, 2.45) is 0 Å². The van der Waals surface area contributed by atoms with Crippen molar-refractivity contribution >= 4 is 29.3 Å². The molecule has 0 radical (unpaired) electrons. The summed E-state index contributed by atoms with van der Waals surface area (Å²) in [4.78, 5) is 6.78. The number of hydrogen-bond acceptors (Lipinski definition) is 7. The van der Waals surface area contributed by atoms with E-state index in [0.717, 1.165) is 42.7 Å². The fourth-order valence-electron chi connectivity index (χ4n) is 3.16. The number of rotatable bonds is 6. The van der Waals surface area contributed by atoms with Crippen LogP contribution in [0.3, 0.4) is 0 Å². The summed E-state index contributed by atoms with van der Waals surface area (Å²) in [6.45, 7) is 8.07. The molecule has 1 fully saturated rings. The van der Waals surface area contributed by atoms with E-state index in [0.29, 0.717) is 16.7 Å². The van der Waals surface area contributed by atoms with Crippen LogP contribution in [-0.2, 0) is 0 Å². The van der Waals surface area contributed by atoms with Crippen LogP contribution < -0.4 is 4.90 Å². The molecular weight excluding hydrogens is 396 g/mol. The topological polar surface area (TPSA) is 72.9 Å². The number of hydrogen-bond donors (Lipinski definition) is 0. The van der Waals surface area contributed by atoms with E-state index in [9.17, 15) is 0 Å². The lowest BCUT2D eigenvalue weighted by Gasteiger charge is -2.19. The van der Waals surface area contributed by atoms with Crippen LogP contribution >= 0.6 is 23.4 Å². The van der Waals surface area contributed by atoms with Gasteiger partial charge in [-0.15, -0.1) is 10.2 Å². The van der Waals surface area contributed by atoms with Gasteiger partial charge in [0.25, 0.3) is 0 Å². The highest BCUT2D eigenvalue weighted by Gasteiger charge is 2.26. The smallest absolute Gasteiger partial charge is 0.239 e. The lowest BCUT2D eigenvalue weighted by Crippen LogP contribution is -2.22. The first-order valence-corrected chi connectivity index (χ1v) is 10.8. The van der Waals surface area contributed by atoms with Crippen molar-refractivity contribution in [3.8, 4) is 5.69 Å². The Morgan fingerprint density at radius 3 is 2.54 bits per heavy atom. The van der Waals surface area contributed by atoms with E-state index in [1.807, 2.05) is 49.6 Å². The van der Waals surface area contributed by atoms with Crippen molar-refractivity contribution in [1.82, 2.24) is 24.9 Å². The van der Waals surface area contributed by atoms with E-state index in [1.54, 1.807) is 0 Å². The molecule has 28 heavy (non-hydrogen) atoms. The third kappa shape index (κ3) is 3.75. The van der Waals surface area contributed by atoms with Crippen molar-refractivity contribution in [2.75, 3.05) is 18.0 Å². The number of benzene rings is 1. The van der Waals surface area contributed by atoms with Gasteiger partial charge in [0.1, 0.15) is 0 Å². The highest BCUT2D eigenvalue weighted by molar-refractivity contribution is 7.99. The summed E-state index contributed by atoms with van der Waals surface area (Å²) >= 11 is 8.05. The van der Waals surface area contributed by atoms with Crippen molar-refractivity contribution in [3.05, 3.63) is 41.0 Å². The molecule has 0 saturated carbocycles. The van der Waals surface area contributed by atoms with Crippen LogP contribution in [0.15, 0.2) is 33.9 Å². The van der Waals surface area contributed by atoms with Gasteiger partial charge in [0, 0.05) is 19.0 Å². The Morgan fingerprint density at radius 2 is 1.86 bits per heavy atom. The second-order valence-corrected chi connectivity index (χ2v) is 8.88. The molecule has 1 aliphatic rings. The summed E-state index contributed by atoms with van der Waals surface area (Å²) in [6, 6.07) is 7.77. The first-order valence-electron chi connectivity index (χ1n) is 9.50. The zero-order valence-electron chi connectivity index (χ0n) is 16.2. The molecule has 0 aliphatic carbocycles. The van der Waals surface area contributed by atoms with E-state index in [1.165, 1.54) is 11.8 Å². The molecular formula is C19H23ClN6OS. The summed E-state index contributed by atoms with van der Waals surface area (Å²) in [5.41, 5.74) is 0.874. The normalized spacial score (nSPS) is 15.5. The Labute approximate surface area is 173 Å². The third-order valence-corrected chi connectivity index (χ3v) is 6.05. The zero-order chi connectivity index (χ0) is 19.7. The quantitative estimate of drug-likeness (QED) is 0.528.